The topological polar surface area (TPSA) is 29.5 Å². The standard InChI is InChI=1S/C18H24O2/c1-12-6-8-18(19,9-7-12)16-10-13(2)17-15(11-16)5-4-14(3)20-17/h10-12,19H,3-9H2,1-2H3. The molecule has 2 aliphatic rings. The number of rotatable bonds is 1. The Balaban J connectivity index is 1.95. The normalized spacial score (nSPS) is 29.8. The molecule has 2 nitrogen and oxygen atoms in total. The molecule has 1 aromatic rings. The summed E-state index contributed by atoms with van der Waals surface area (Å²) in [6.07, 6.45) is 5.82. The SMILES string of the molecule is C=C1CCc2cc(C3(O)CCC(C)CC3)cc(C)c2O1. The van der Waals surface area contributed by atoms with Crippen molar-refractivity contribution in [2.45, 2.75) is 58.0 Å². The number of ether oxygens (including phenoxy) is 1. The van der Waals surface area contributed by atoms with Gasteiger partial charge < -0.3 is 9.84 Å². The van der Waals surface area contributed by atoms with Crippen LogP contribution in [0.5, 0.6) is 5.75 Å². The number of allylic oxidation sites excluding steroid dienone is 1. The van der Waals surface area contributed by atoms with Gasteiger partial charge in [0, 0.05) is 6.42 Å². The van der Waals surface area contributed by atoms with Crippen LogP contribution in [0.3, 0.4) is 0 Å². The highest BCUT2D eigenvalue weighted by molar-refractivity contribution is 5.48. The first kappa shape index (κ1) is 13.7. The number of hydrogen-bond acceptors (Lipinski definition) is 2. The molecule has 0 saturated heterocycles. The third kappa shape index (κ3) is 2.37. The van der Waals surface area contributed by atoms with E-state index in [1.54, 1.807) is 0 Å². The second-order valence-electron chi connectivity index (χ2n) is 6.64. The van der Waals surface area contributed by atoms with E-state index in [9.17, 15) is 5.11 Å². The van der Waals surface area contributed by atoms with E-state index in [1.807, 2.05) is 0 Å². The molecular weight excluding hydrogens is 248 g/mol. The fourth-order valence-electron chi connectivity index (χ4n) is 3.45. The second kappa shape index (κ2) is 4.92. The van der Waals surface area contributed by atoms with E-state index in [0.717, 1.165) is 67.1 Å². The van der Waals surface area contributed by atoms with Gasteiger partial charge in [0.15, 0.2) is 0 Å². The van der Waals surface area contributed by atoms with Crippen molar-refractivity contribution in [1.29, 1.82) is 0 Å². The molecule has 0 bridgehead atoms. The Morgan fingerprint density at radius 1 is 1.25 bits per heavy atom. The lowest BCUT2D eigenvalue weighted by Gasteiger charge is -2.36. The van der Waals surface area contributed by atoms with Crippen LogP contribution < -0.4 is 4.74 Å². The zero-order valence-electron chi connectivity index (χ0n) is 12.5. The van der Waals surface area contributed by atoms with Crippen LogP contribution in [0.1, 0.15) is 55.7 Å². The summed E-state index contributed by atoms with van der Waals surface area (Å²) in [4.78, 5) is 0. The van der Waals surface area contributed by atoms with E-state index in [1.165, 1.54) is 5.56 Å². The minimum absolute atomic E-state index is 0.638. The van der Waals surface area contributed by atoms with Gasteiger partial charge in [-0.15, -0.1) is 0 Å². The van der Waals surface area contributed by atoms with Crippen molar-refractivity contribution in [2.24, 2.45) is 5.92 Å². The summed E-state index contributed by atoms with van der Waals surface area (Å²) < 4.78 is 5.78. The average Bonchev–Trinajstić information content (AvgIpc) is 2.43. The van der Waals surface area contributed by atoms with E-state index in [-0.39, 0.29) is 0 Å². The van der Waals surface area contributed by atoms with Gasteiger partial charge in [0.1, 0.15) is 5.75 Å². The molecule has 2 heteroatoms. The first-order chi connectivity index (χ1) is 9.48. The Morgan fingerprint density at radius 3 is 2.65 bits per heavy atom. The molecule has 0 amide bonds. The Hall–Kier alpha value is -1.28. The summed E-state index contributed by atoms with van der Waals surface area (Å²) in [6, 6.07) is 4.26. The van der Waals surface area contributed by atoms with Crippen LogP contribution >= 0.6 is 0 Å². The van der Waals surface area contributed by atoms with Crippen molar-refractivity contribution < 1.29 is 9.84 Å². The van der Waals surface area contributed by atoms with Crippen molar-refractivity contribution in [3.05, 3.63) is 41.2 Å². The molecule has 1 N–H and O–H groups in total. The highest BCUT2D eigenvalue weighted by Crippen LogP contribution is 2.42. The summed E-state index contributed by atoms with van der Waals surface area (Å²) in [5, 5.41) is 11.0. The monoisotopic (exact) mass is 272 g/mol. The molecule has 1 fully saturated rings. The molecule has 1 aliphatic heterocycles. The molecule has 0 radical (unpaired) electrons. The Bertz CT molecular complexity index is 537. The Morgan fingerprint density at radius 2 is 1.95 bits per heavy atom. The van der Waals surface area contributed by atoms with Gasteiger partial charge >= 0.3 is 0 Å². The molecule has 0 spiro atoms. The lowest BCUT2D eigenvalue weighted by molar-refractivity contribution is -0.0121. The third-order valence-electron chi connectivity index (χ3n) is 4.91. The maximum atomic E-state index is 11.0. The van der Waals surface area contributed by atoms with E-state index in [4.69, 9.17) is 4.74 Å². The molecular formula is C18H24O2. The zero-order chi connectivity index (χ0) is 14.3. The highest BCUT2D eigenvalue weighted by Gasteiger charge is 2.34. The molecule has 1 heterocycles. The van der Waals surface area contributed by atoms with E-state index in [2.05, 4.69) is 32.6 Å². The molecule has 0 aromatic heterocycles. The first-order valence-electron chi connectivity index (χ1n) is 7.70. The average molecular weight is 272 g/mol. The van der Waals surface area contributed by atoms with Crippen LogP contribution in [0.15, 0.2) is 24.5 Å². The largest absolute Gasteiger partial charge is 0.462 e. The highest BCUT2D eigenvalue weighted by atomic mass is 16.5. The number of benzene rings is 1. The summed E-state index contributed by atoms with van der Waals surface area (Å²) in [5.41, 5.74) is 2.78. The van der Waals surface area contributed by atoms with Crippen LogP contribution in [-0.4, -0.2) is 5.11 Å². The second-order valence-corrected chi connectivity index (χ2v) is 6.64. The van der Waals surface area contributed by atoms with E-state index >= 15 is 0 Å². The quantitative estimate of drug-likeness (QED) is 0.829. The first-order valence-corrected chi connectivity index (χ1v) is 7.70. The fraction of sp³-hybridized carbons (Fsp3) is 0.556. The van der Waals surface area contributed by atoms with Crippen molar-refractivity contribution >= 4 is 0 Å². The van der Waals surface area contributed by atoms with Crippen LogP contribution in [0.4, 0.5) is 0 Å². The molecule has 3 rings (SSSR count). The molecule has 1 aliphatic carbocycles. The van der Waals surface area contributed by atoms with Crippen molar-refractivity contribution in [2.75, 3.05) is 0 Å². The van der Waals surface area contributed by atoms with Crippen molar-refractivity contribution in [3.8, 4) is 5.75 Å². The van der Waals surface area contributed by atoms with Gasteiger partial charge in [0.05, 0.1) is 11.4 Å². The summed E-state index contributed by atoms with van der Waals surface area (Å²) >= 11 is 0. The van der Waals surface area contributed by atoms with E-state index in [0.29, 0.717) is 0 Å². The van der Waals surface area contributed by atoms with Crippen molar-refractivity contribution in [1.82, 2.24) is 0 Å². The number of fused-ring (bicyclic) bond motifs is 1. The van der Waals surface area contributed by atoms with Crippen LogP contribution in [-0.2, 0) is 12.0 Å². The van der Waals surface area contributed by atoms with Gasteiger partial charge in [0.25, 0.3) is 0 Å². The minimum atomic E-state index is -0.638. The summed E-state index contributed by atoms with van der Waals surface area (Å²) in [7, 11) is 0. The molecule has 108 valence electrons. The smallest absolute Gasteiger partial charge is 0.133 e. The lowest BCUT2D eigenvalue weighted by Crippen LogP contribution is -2.31. The van der Waals surface area contributed by atoms with Crippen LogP contribution in [0, 0.1) is 12.8 Å². The number of aliphatic hydroxyl groups is 1. The summed E-state index contributed by atoms with van der Waals surface area (Å²) in [5.74, 6) is 2.54. The van der Waals surface area contributed by atoms with Crippen LogP contribution in [0.2, 0.25) is 0 Å². The van der Waals surface area contributed by atoms with Gasteiger partial charge in [-0.25, -0.2) is 0 Å². The molecule has 0 atom stereocenters. The maximum absolute atomic E-state index is 11.0. The predicted molar refractivity (Wildman–Crippen MR) is 80.8 cm³/mol. The fourth-order valence-corrected chi connectivity index (χ4v) is 3.45. The van der Waals surface area contributed by atoms with Gasteiger partial charge in [-0.05, 0) is 73.8 Å². The van der Waals surface area contributed by atoms with E-state index < -0.39 is 5.60 Å². The zero-order valence-corrected chi connectivity index (χ0v) is 12.5. The van der Waals surface area contributed by atoms with Gasteiger partial charge in [0.2, 0.25) is 0 Å². The van der Waals surface area contributed by atoms with Crippen molar-refractivity contribution in [3.63, 3.8) is 0 Å². The maximum Gasteiger partial charge on any atom is 0.133 e. The predicted octanol–water partition coefficient (Wildman–Crippen LogP) is 4.23. The van der Waals surface area contributed by atoms with Gasteiger partial charge in [-0.3, -0.25) is 0 Å². The third-order valence-corrected chi connectivity index (χ3v) is 4.91. The molecule has 0 unspecified atom stereocenters. The van der Waals surface area contributed by atoms with Gasteiger partial charge in [-0.2, -0.15) is 0 Å². The Kier molecular flexibility index (Phi) is 3.37. The van der Waals surface area contributed by atoms with Crippen LogP contribution in [0.25, 0.3) is 0 Å². The van der Waals surface area contributed by atoms with Gasteiger partial charge in [-0.1, -0.05) is 13.5 Å². The lowest BCUT2D eigenvalue weighted by atomic mass is 9.75. The number of hydrogen-bond donors (Lipinski definition) is 1. The molecule has 20 heavy (non-hydrogen) atoms. The minimum Gasteiger partial charge on any atom is -0.462 e. The molecule has 1 saturated carbocycles. The molecule has 1 aromatic carbocycles. The Labute approximate surface area is 121 Å². The summed E-state index contributed by atoms with van der Waals surface area (Å²) in [6.45, 7) is 8.26. The number of aryl methyl sites for hydroxylation is 2.